The van der Waals surface area contributed by atoms with Gasteiger partial charge in [0.2, 0.25) is 0 Å². The summed E-state index contributed by atoms with van der Waals surface area (Å²) >= 11 is 0. The predicted octanol–water partition coefficient (Wildman–Crippen LogP) is 3.46. The summed E-state index contributed by atoms with van der Waals surface area (Å²) in [5.74, 6) is 1.09. The van der Waals surface area contributed by atoms with Crippen LogP contribution < -0.4 is 4.74 Å². The average molecular weight is 208 g/mol. The van der Waals surface area contributed by atoms with Gasteiger partial charge in [-0.15, -0.1) is 0 Å². The molecule has 0 bridgehead atoms. The van der Waals surface area contributed by atoms with Crippen LogP contribution in [0.5, 0.6) is 5.75 Å². The van der Waals surface area contributed by atoms with E-state index in [1.165, 1.54) is 0 Å². The second-order valence-corrected chi connectivity index (χ2v) is 2.97. The van der Waals surface area contributed by atoms with Gasteiger partial charge in [0, 0.05) is 6.42 Å². The van der Waals surface area contributed by atoms with Crippen molar-refractivity contribution in [3.8, 4) is 5.75 Å². The Bertz CT molecular complexity index is 254. The molecule has 15 heavy (non-hydrogen) atoms. The van der Waals surface area contributed by atoms with Crippen LogP contribution >= 0.6 is 0 Å². The van der Waals surface area contributed by atoms with Crippen LogP contribution in [-0.4, -0.2) is 12.4 Å². The molecule has 0 N–H and O–H groups in total. The number of para-hydroxylation sites is 1. The number of ketones is 1. The molecular formula is C13H20O2. The number of rotatable bonds is 5. The van der Waals surface area contributed by atoms with E-state index < -0.39 is 0 Å². The molecule has 0 aliphatic rings. The summed E-state index contributed by atoms with van der Waals surface area (Å²) in [6.45, 7) is 6.21. The molecule has 0 radical (unpaired) electrons. The first kappa shape index (κ1) is 13.7. The van der Waals surface area contributed by atoms with Crippen LogP contribution in [0.1, 0.15) is 33.6 Å². The highest BCUT2D eigenvalue weighted by Crippen LogP contribution is 2.08. The highest BCUT2D eigenvalue weighted by molar-refractivity contribution is 5.75. The van der Waals surface area contributed by atoms with Gasteiger partial charge in [-0.2, -0.15) is 0 Å². The van der Waals surface area contributed by atoms with E-state index >= 15 is 0 Å². The third kappa shape index (κ3) is 7.74. The Labute approximate surface area is 92.3 Å². The van der Waals surface area contributed by atoms with E-state index in [2.05, 4.69) is 0 Å². The van der Waals surface area contributed by atoms with Crippen molar-refractivity contribution in [1.29, 1.82) is 0 Å². The van der Waals surface area contributed by atoms with E-state index in [1.807, 2.05) is 44.2 Å². The van der Waals surface area contributed by atoms with Crippen LogP contribution in [0.3, 0.4) is 0 Å². The third-order valence-corrected chi connectivity index (χ3v) is 1.69. The average Bonchev–Trinajstić information content (AvgIpc) is 2.28. The Morgan fingerprint density at radius 2 is 1.80 bits per heavy atom. The molecule has 0 amide bonds. The van der Waals surface area contributed by atoms with E-state index in [1.54, 1.807) is 6.92 Å². The Balaban J connectivity index is 0.000000921. The highest BCUT2D eigenvalue weighted by Gasteiger charge is 1.94. The van der Waals surface area contributed by atoms with Gasteiger partial charge in [-0.3, -0.25) is 0 Å². The summed E-state index contributed by atoms with van der Waals surface area (Å²) < 4.78 is 5.40. The summed E-state index contributed by atoms with van der Waals surface area (Å²) in [6, 6.07) is 9.63. The molecule has 0 unspecified atom stereocenters. The lowest BCUT2D eigenvalue weighted by atomic mass is 10.2. The lowest BCUT2D eigenvalue weighted by Gasteiger charge is -2.03. The number of ether oxygens (including phenoxy) is 1. The largest absolute Gasteiger partial charge is 0.494 e. The van der Waals surface area contributed by atoms with Gasteiger partial charge < -0.3 is 9.53 Å². The number of hydrogen-bond acceptors (Lipinski definition) is 2. The molecule has 1 aromatic rings. The number of benzene rings is 1. The smallest absolute Gasteiger partial charge is 0.129 e. The number of carbonyl (C=O) groups is 1. The van der Waals surface area contributed by atoms with Gasteiger partial charge in [0.1, 0.15) is 11.5 Å². The molecule has 0 aromatic heterocycles. The van der Waals surface area contributed by atoms with Crippen molar-refractivity contribution in [2.45, 2.75) is 33.6 Å². The molecule has 0 aliphatic heterocycles. The zero-order chi connectivity index (χ0) is 11.5. The Morgan fingerprint density at radius 1 is 1.20 bits per heavy atom. The van der Waals surface area contributed by atoms with Crippen molar-refractivity contribution in [3.05, 3.63) is 30.3 Å². The van der Waals surface area contributed by atoms with Crippen LogP contribution in [0.15, 0.2) is 30.3 Å². The molecule has 1 rings (SSSR count). The first-order valence-corrected chi connectivity index (χ1v) is 5.46. The van der Waals surface area contributed by atoms with Gasteiger partial charge in [0.15, 0.2) is 0 Å². The quantitative estimate of drug-likeness (QED) is 0.693. The molecule has 2 nitrogen and oxygen atoms in total. The van der Waals surface area contributed by atoms with E-state index in [-0.39, 0.29) is 5.78 Å². The van der Waals surface area contributed by atoms with Gasteiger partial charge in [0.05, 0.1) is 6.61 Å². The van der Waals surface area contributed by atoms with Gasteiger partial charge in [-0.05, 0) is 25.5 Å². The van der Waals surface area contributed by atoms with Crippen LogP contribution in [0.25, 0.3) is 0 Å². The molecular weight excluding hydrogens is 188 g/mol. The van der Waals surface area contributed by atoms with Gasteiger partial charge >= 0.3 is 0 Å². The van der Waals surface area contributed by atoms with E-state index in [9.17, 15) is 4.79 Å². The monoisotopic (exact) mass is 208 g/mol. The lowest BCUT2D eigenvalue weighted by Crippen LogP contribution is -2.00. The number of hydrogen-bond donors (Lipinski definition) is 0. The summed E-state index contributed by atoms with van der Waals surface area (Å²) in [4.78, 5) is 10.6. The third-order valence-electron chi connectivity index (χ3n) is 1.69. The van der Waals surface area contributed by atoms with E-state index in [0.29, 0.717) is 13.0 Å². The summed E-state index contributed by atoms with van der Waals surface area (Å²) in [5.41, 5.74) is 0. The summed E-state index contributed by atoms with van der Waals surface area (Å²) in [5, 5.41) is 0. The van der Waals surface area contributed by atoms with Crippen molar-refractivity contribution in [3.63, 3.8) is 0 Å². The van der Waals surface area contributed by atoms with E-state index in [0.717, 1.165) is 12.2 Å². The predicted molar refractivity (Wildman–Crippen MR) is 63.2 cm³/mol. The highest BCUT2D eigenvalue weighted by atomic mass is 16.5. The molecule has 0 aliphatic carbocycles. The van der Waals surface area contributed by atoms with Gasteiger partial charge in [-0.1, -0.05) is 32.0 Å². The maximum Gasteiger partial charge on any atom is 0.129 e. The second-order valence-electron chi connectivity index (χ2n) is 2.97. The minimum Gasteiger partial charge on any atom is -0.494 e. The summed E-state index contributed by atoms with van der Waals surface area (Å²) in [7, 11) is 0. The Hall–Kier alpha value is -1.31. The maximum absolute atomic E-state index is 10.6. The molecule has 1 aromatic carbocycles. The topological polar surface area (TPSA) is 26.3 Å². The zero-order valence-corrected chi connectivity index (χ0v) is 9.82. The molecule has 0 saturated carbocycles. The normalized spacial score (nSPS) is 8.73. The molecule has 84 valence electrons. The minimum absolute atomic E-state index is 0.219. The maximum atomic E-state index is 10.6. The SMILES string of the molecule is CC.CC(=O)CCCOc1ccccc1. The summed E-state index contributed by atoms with van der Waals surface area (Å²) in [6.07, 6.45) is 1.40. The molecule has 0 fully saturated rings. The van der Waals surface area contributed by atoms with Crippen molar-refractivity contribution < 1.29 is 9.53 Å². The molecule has 0 atom stereocenters. The standard InChI is InChI=1S/C11H14O2.C2H6/c1-10(12)6-5-9-13-11-7-3-2-4-8-11;1-2/h2-4,7-8H,5-6,9H2,1H3;1-2H3. The fourth-order valence-electron chi connectivity index (χ4n) is 1.03. The van der Waals surface area contributed by atoms with Crippen LogP contribution in [0, 0.1) is 0 Å². The molecule has 0 heterocycles. The zero-order valence-electron chi connectivity index (χ0n) is 9.82. The van der Waals surface area contributed by atoms with Crippen molar-refractivity contribution >= 4 is 5.78 Å². The van der Waals surface area contributed by atoms with E-state index in [4.69, 9.17) is 4.74 Å². The molecule has 2 heteroatoms. The first-order valence-electron chi connectivity index (χ1n) is 5.46. The Kier molecular flexibility index (Phi) is 8.44. The second kappa shape index (κ2) is 9.25. The fraction of sp³-hybridized carbons (Fsp3) is 0.462. The fourth-order valence-corrected chi connectivity index (χ4v) is 1.03. The minimum atomic E-state index is 0.219. The van der Waals surface area contributed by atoms with Gasteiger partial charge in [-0.25, -0.2) is 0 Å². The van der Waals surface area contributed by atoms with Crippen molar-refractivity contribution in [2.24, 2.45) is 0 Å². The number of carbonyl (C=O) groups excluding carboxylic acids is 1. The van der Waals surface area contributed by atoms with Crippen LogP contribution in [-0.2, 0) is 4.79 Å². The molecule has 0 spiro atoms. The van der Waals surface area contributed by atoms with Crippen molar-refractivity contribution in [2.75, 3.05) is 6.61 Å². The Morgan fingerprint density at radius 3 is 2.33 bits per heavy atom. The number of Topliss-reactive ketones (excluding diaryl/α,β-unsaturated/α-hetero) is 1. The molecule has 0 saturated heterocycles. The van der Waals surface area contributed by atoms with Crippen LogP contribution in [0.4, 0.5) is 0 Å². The van der Waals surface area contributed by atoms with Gasteiger partial charge in [0.25, 0.3) is 0 Å². The van der Waals surface area contributed by atoms with Crippen molar-refractivity contribution in [1.82, 2.24) is 0 Å². The lowest BCUT2D eigenvalue weighted by molar-refractivity contribution is -0.117. The first-order chi connectivity index (χ1) is 7.29. The van der Waals surface area contributed by atoms with Crippen LogP contribution in [0.2, 0.25) is 0 Å².